The molecule has 0 heterocycles. The predicted octanol–water partition coefficient (Wildman–Crippen LogP) is 3.35. The number of halogens is 1. The van der Waals surface area contributed by atoms with E-state index in [9.17, 15) is 12.8 Å². The molecular weight excluding hydrogens is 323 g/mol. The first-order valence-corrected chi connectivity index (χ1v) is 8.70. The van der Waals surface area contributed by atoms with Gasteiger partial charge in [-0.25, -0.2) is 12.8 Å². The Morgan fingerprint density at radius 1 is 1.09 bits per heavy atom. The van der Waals surface area contributed by atoms with E-state index in [1.165, 1.54) is 18.2 Å². The largest absolute Gasteiger partial charge is 0.332 e. The van der Waals surface area contributed by atoms with Gasteiger partial charge in [0.05, 0.1) is 4.90 Å². The molecule has 0 bridgehead atoms. The SMILES string of the molecule is Cc1c(F)cccc1NC(=S)Nc1ccc(S(C)(=O)=O)cc1. The van der Waals surface area contributed by atoms with E-state index in [4.69, 9.17) is 12.2 Å². The Kier molecular flexibility index (Phi) is 4.77. The van der Waals surface area contributed by atoms with E-state index < -0.39 is 9.84 Å². The molecule has 116 valence electrons. The van der Waals surface area contributed by atoms with Gasteiger partial charge in [0.25, 0.3) is 0 Å². The first kappa shape index (κ1) is 16.4. The smallest absolute Gasteiger partial charge is 0.175 e. The molecule has 4 nitrogen and oxygen atoms in total. The zero-order valence-electron chi connectivity index (χ0n) is 12.1. The van der Waals surface area contributed by atoms with Gasteiger partial charge in [0, 0.05) is 23.2 Å². The van der Waals surface area contributed by atoms with Crippen molar-refractivity contribution in [2.24, 2.45) is 0 Å². The van der Waals surface area contributed by atoms with E-state index in [0.29, 0.717) is 22.1 Å². The zero-order chi connectivity index (χ0) is 16.3. The molecule has 0 fully saturated rings. The van der Waals surface area contributed by atoms with Gasteiger partial charge >= 0.3 is 0 Å². The maximum absolute atomic E-state index is 13.5. The van der Waals surface area contributed by atoms with Crippen LogP contribution in [0.1, 0.15) is 5.56 Å². The van der Waals surface area contributed by atoms with E-state index in [0.717, 1.165) is 6.26 Å². The van der Waals surface area contributed by atoms with Crippen LogP contribution in [0.5, 0.6) is 0 Å². The minimum atomic E-state index is -3.22. The summed E-state index contributed by atoms with van der Waals surface area (Å²) in [7, 11) is -3.22. The molecule has 0 saturated heterocycles. The molecule has 0 unspecified atom stereocenters. The second kappa shape index (κ2) is 6.41. The highest BCUT2D eigenvalue weighted by Crippen LogP contribution is 2.18. The van der Waals surface area contributed by atoms with Crippen LogP contribution in [-0.4, -0.2) is 19.8 Å². The lowest BCUT2D eigenvalue weighted by Gasteiger charge is -2.13. The first-order chi connectivity index (χ1) is 10.3. The molecule has 0 aliphatic heterocycles. The van der Waals surface area contributed by atoms with Gasteiger partial charge in [0.2, 0.25) is 0 Å². The molecule has 7 heteroatoms. The molecule has 0 aromatic heterocycles. The topological polar surface area (TPSA) is 58.2 Å². The van der Waals surface area contributed by atoms with E-state index in [1.807, 2.05) is 0 Å². The van der Waals surface area contributed by atoms with Crippen LogP contribution < -0.4 is 10.6 Å². The summed E-state index contributed by atoms with van der Waals surface area (Å²) in [6.07, 6.45) is 1.15. The Labute approximate surface area is 134 Å². The van der Waals surface area contributed by atoms with Crippen LogP contribution in [0.15, 0.2) is 47.4 Å². The predicted molar refractivity (Wildman–Crippen MR) is 90.5 cm³/mol. The Bertz CT molecular complexity index is 803. The third-order valence-electron chi connectivity index (χ3n) is 3.06. The summed E-state index contributed by atoms with van der Waals surface area (Å²) in [5.41, 5.74) is 1.68. The molecule has 2 N–H and O–H groups in total. The fourth-order valence-electron chi connectivity index (χ4n) is 1.81. The maximum atomic E-state index is 13.5. The Morgan fingerprint density at radius 3 is 2.32 bits per heavy atom. The van der Waals surface area contributed by atoms with Crippen molar-refractivity contribution in [1.29, 1.82) is 0 Å². The Morgan fingerprint density at radius 2 is 1.73 bits per heavy atom. The fourth-order valence-corrected chi connectivity index (χ4v) is 2.67. The molecule has 0 aliphatic rings. The summed E-state index contributed by atoms with van der Waals surface area (Å²) in [5, 5.41) is 6.12. The number of nitrogens with one attached hydrogen (secondary N) is 2. The molecule has 0 amide bonds. The van der Waals surface area contributed by atoms with Crippen LogP contribution in [0.3, 0.4) is 0 Å². The number of hydrogen-bond donors (Lipinski definition) is 2. The summed E-state index contributed by atoms with van der Waals surface area (Å²) in [6, 6.07) is 10.9. The van der Waals surface area contributed by atoms with Crippen LogP contribution in [0.25, 0.3) is 0 Å². The highest BCUT2D eigenvalue weighted by molar-refractivity contribution is 7.90. The first-order valence-electron chi connectivity index (χ1n) is 6.40. The molecule has 0 atom stereocenters. The van der Waals surface area contributed by atoms with Crippen LogP contribution in [0.4, 0.5) is 15.8 Å². The number of sulfone groups is 1. The number of rotatable bonds is 3. The van der Waals surface area contributed by atoms with Gasteiger partial charge in [-0.2, -0.15) is 0 Å². The lowest BCUT2D eigenvalue weighted by Crippen LogP contribution is -2.19. The van der Waals surface area contributed by atoms with Gasteiger partial charge in [0.1, 0.15) is 5.82 Å². The molecule has 2 aromatic rings. The summed E-state index contributed by atoms with van der Waals surface area (Å²) in [5.74, 6) is -0.315. The van der Waals surface area contributed by atoms with Crippen molar-refractivity contribution in [3.63, 3.8) is 0 Å². The number of anilines is 2. The average molecular weight is 338 g/mol. The maximum Gasteiger partial charge on any atom is 0.175 e. The summed E-state index contributed by atoms with van der Waals surface area (Å²) in [6.45, 7) is 1.65. The Hall–Kier alpha value is -1.99. The second-order valence-corrected chi connectivity index (χ2v) is 7.21. The van der Waals surface area contributed by atoms with Crippen LogP contribution >= 0.6 is 12.2 Å². The summed E-state index contributed by atoms with van der Waals surface area (Å²) < 4.78 is 36.2. The van der Waals surface area contributed by atoms with Crippen molar-refractivity contribution in [1.82, 2.24) is 0 Å². The van der Waals surface area contributed by atoms with Crippen molar-refractivity contribution in [3.05, 3.63) is 53.8 Å². The number of benzene rings is 2. The highest BCUT2D eigenvalue weighted by Gasteiger charge is 2.08. The molecule has 0 spiro atoms. The number of thiocarbonyl (C=S) groups is 1. The Balaban J connectivity index is 2.08. The summed E-state index contributed by atoms with van der Waals surface area (Å²) in [4.78, 5) is 0.234. The van der Waals surface area contributed by atoms with Crippen molar-refractivity contribution >= 4 is 38.5 Å². The van der Waals surface area contributed by atoms with Gasteiger partial charge in [-0.3, -0.25) is 0 Å². The van der Waals surface area contributed by atoms with Gasteiger partial charge in [-0.15, -0.1) is 0 Å². The van der Waals surface area contributed by atoms with Crippen LogP contribution in [0, 0.1) is 12.7 Å². The van der Waals surface area contributed by atoms with Gasteiger partial charge in [-0.05, 0) is 55.5 Å². The molecule has 0 aliphatic carbocycles. The average Bonchev–Trinajstić information content (AvgIpc) is 2.43. The van der Waals surface area contributed by atoms with Crippen molar-refractivity contribution in [3.8, 4) is 0 Å². The molecule has 2 rings (SSSR count). The van der Waals surface area contributed by atoms with Gasteiger partial charge in [0.15, 0.2) is 14.9 Å². The van der Waals surface area contributed by atoms with E-state index >= 15 is 0 Å². The molecule has 0 radical (unpaired) electrons. The molecule has 0 saturated carbocycles. The third kappa shape index (κ3) is 4.02. The minimum absolute atomic E-state index is 0.234. The second-order valence-electron chi connectivity index (χ2n) is 4.79. The van der Waals surface area contributed by atoms with Gasteiger partial charge < -0.3 is 10.6 Å². The van der Waals surface area contributed by atoms with Crippen molar-refractivity contribution < 1.29 is 12.8 Å². The number of hydrogen-bond acceptors (Lipinski definition) is 3. The fraction of sp³-hybridized carbons (Fsp3) is 0.133. The van der Waals surface area contributed by atoms with Gasteiger partial charge in [-0.1, -0.05) is 6.07 Å². The third-order valence-corrected chi connectivity index (χ3v) is 4.39. The molecular formula is C15H15FN2O2S2. The van der Waals surface area contributed by atoms with Crippen molar-refractivity contribution in [2.75, 3.05) is 16.9 Å². The normalized spacial score (nSPS) is 11.0. The van der Waals surface area contributed by atoms with Crippen LogP contribution in [0.2, 0.25) is 0 Å². The minimum Gasteiger partial charge on any atom is -0.332 e. The molecule has 2 aromatic carbocycles. The quantitative estimate of drug-likeness (QED) is 0.841. The van der Waals surface area contributed by atoms with E-state index in [2.05, 4.69) is 10.6 Å². The lowest BCUT2D eigenvalue weighted by atomic mass is 10.2. The zero-order valence-corrected chi connectivity index (χ0v) is 13.7. The van der Waals surface area contributed by atoms with E-state index in [1.54, 1.807) is 31.2 Å². The monoisotopic (exact) mass is 338 g/mol. The van der Waals surface area contributed by atoms with E-state index in [-0.39, 0.29) is 10.7 Å². The highest BCUT2D eigenvalue weighted by atomic mass is 32.2. The molecule has 22 heavy (non-hydrogen) atoms. The summed E-state index contributed by atoms with van der Waals surface area (Å²) >= 11 is 5.16. The van der Waals surface area contributed by atoms with Crippen molar-refractivity contribution in [2.45, 2.75) is 11.8 Å². The lowest BCUT2D eigenvalue weighted by molar-refractivity contribution is 0.602. The van der Waals surface area contributed by atoms with Crippen LogP contribution in [-0.2, 0) is 9.84 Å². The standard InChI is InChI=1S/C15H15FN2O2S2/c1-10-13(16)4-3-5-14(10)18-15(21)17-11-6-8-12(9-7-11)22(2,19)20/h3-9H,1-2H3,(H2,17,18,21).